The summed E-state index contributed by atoms with van der Waals surface area (Å²) in [4.78, 5) is -0.0543. The highest BCUT2D eigenvalue weighted by Gasteiger charge is 2.26. The minimum Gasteiger partial charge on any atom is -0.424 e. The normalized spacial score (nSPS) is 11.4. The van der Waals surface area contributed by atoms with Crippen molar-refractivity contribution in [3.63, 3.8) is 0 Å². The number of nitrogens with zero attached hydrogens (tertiary/aromatic N) is 1. The Morgan fingerprint density at radius 3 is 2.24 bits per heavy atom. The monoisotopic (exact) mass is 426 g/mol. The number of primary sulfonamides is 1. The first-order valence-electron chi connectivity index (χ1n) is 8.54. The SMILES string of the molecule is NS(=O)(=O)c1ccccc1-c1c(-c2ccccc2)noc1Oc1ccc(Cl)cc1. The fourth-order valence-corrected chi connectivity index (χ4v) is 3.78. The van der Waals surface area contributed by atoms with E-state index in [1.807, 2.05) is 30.3 Å². The highest BCUT2D eigenvalue weighted by Crippen LogP contribution is 2.43. The molecule has 29 heavy (non-hydrogen) atoms. The number of halogens is 1. The quantitative estimate of drug-likeness (QED) is 0.478. The molecule has 2 N–H and O–H groups in total. The maximum Gasteiger partial charge on any atom is 0.325 e. The second-order valence-corrected chi connectivity index (χ2v) is 8.12. The van der Waals surface area contributed by atoms with Crippen LogP contribution < -0.4 is 9.88 Å². The molecule has 0 spiro atoms. The molecule has 0 amide bonds. The van der Waals surface area contributed by atoms with Crippen LogP contribution in [0.1, 0.15) is 0 Å². The van der Waals surface area contributed by atoms with E-state index in [2.05, 4.69) is 5.16 Å². The first-order chi connectivity index (χ1) is 13.9. The molecular weight excluding hydrogens is 412 g/mol. The predicted molar refractivity (Wildman–Crippen MR) is 110 cm³/mol. The maximum atomic E-state index is 12.2. The van der Waals surface area contributed by atoms with E-state index in [-0.39, 0.29) is 10.8 Å². The smallest absolute Gasteiger partial charge is 0.325 e. The van der Waals surface area contributed by atoms with Crippen LogP contribution in [0.3, 0.4) is 0 Å². The van der Waals surface area contributed by atoms with E-state index >= 15 is 0 Å². The molecule has 1 heterocycles. The molecule has 0 aliphatic heterocycles. The van der Waals surface area contributed by atoms with Crippen LogP contribution in [0.25, 0.3) is 22.4 Å². The molecule has 0 saturated carbocycles. The highest BCUT2D eigenvalue weighted by atomic mass is 35.5. The number of benzene rings is 3. The molecular formula is C21H15ClN2O4S. The van der Waals surface area contributed by atoms with Crippen molar-refractivity contribution in [1.82, 2.24) is 5.16 Å². The van der Waals surface area contributed by atoms with Gasteiger partial charge in [-0.05, 0) is 30.3 Å². The number of rotatable bonds is 5. The molecule has 0 aliphatic rings. The van der Waals surface area contributed by atoms with Crippen LogP contribution in [0.4, 0.5) is 0 Å². The Balaban J connectivity index is 1.93. The van der Waals surface area contributed by atoms with Crippen molar-refractivity contribution in [2.45, 2.75) is 4.90 Å². The van der Waals surface area contributed by atoms with Gasteiger partial charge in [0.25, 0.3) is 0 Å². The van der Waals surface area contributed by atoms with Crippen LogP contribution in [0, 0.1) is 0 Å². The molecule has 0 fully saturated rings. The van der Waals surface area contributed by atoms with Gasteiger partial charge in [-0.25, -0.2) is 13.6 Å². The minimum absolute atomic E-state index is 0.0438. The van der Waals surface area contributed by atoms with Gasteiger partial charge in [0.2, 0.25) is 10.0 Å². The van der Waals surface area contributed by atoms with Gasteiger partial charge in [-0.3, -0.25) is 0 Å². The average molecular weight is 427 g/mol. The van der Waals surface area contributed by atoms with Crippen molar-refractivity contribution in [2.24, 2.45) is 5.14 Å². The lowest BCUT2D eigenvalue weighted by Crippen LogP contribution is -2.13. The second-order valence-electron chi connectivity index (χ2n) is 6.16. The van der Waals surface area contributed by atoms with Crippen molar-refractivity contribution in [2.75, 3.05) is 0 Å². The summed E-state index contributed by atoms with van der Waals surface area (Å²) in [6, 6.07) is 22.3. The van der Waals surface area contributed by atoms with Crippen LogP contribution in [-0.4, -0.2) is 13.6 Å². The Hall–Kier alpha value is -3.13. The number of sulfonamides is 1. The number of ether oxygens (including phenoxy) is 1. The topological polar surface area (TPSA) is 95.4 Å². The molecule has 3 aromatic carbocycles. The van der Waals surface area contributed by atoms with Gasteiger partial charge in [0.15, 0.2) is 0 Å². The average Bonchev–Trinajstić information content (AvgIpc) is 3.13. The number of hydrogen-bond acceptors (Lipinski definition) is 5. The lowest BCUT2D eigenvalue weighted by molar-refractivity contribution is 0.292. The first kappa shape index (κ1) is 19.2. The molecule has 0 atom stereocenters. The van der Waals surface area contributed by atoms with E-state index in [9.17, 15) is 8.42 Å². The summed E-state index contributed by atoms with van der Waals surface area (Å²) in [7, 11) is -4.00. The minimum atomic E-state index is -4.00. The van der Waals surface area contributed by atoms with E-state index in [1.54, 1.807) is 42.5 Å². The van der Waals surface area contributed by atoms with Gasteiger partial charge in [0, 0.05) is 16.1 Å². The fourth-order valence-electron chi connectivity index (χ4n) is 2.91. The Kier molecular flexibility index (Phi) is 5.10. The maximum absolute atomic E-state index is 12.2. The molecule has 1 aromatic heterocycles. The predicted octanol–water partition coefficient (Wildman–Crippen LogP) is 5.10. The summed E-state index contributed by atoms with van der Waals surface area (Å²) in [6.07, 6.45) is 0. The molecule has 8 heteroatoms. The van der Waals surface area contributed by atoms with Gasteiger partial charge in [-0.15, -0.1) is 0 Å². The van der Waals surface area contributed by atoms with Crippen molar-refractivity contribution < 1.29 is 17.7 Å². The third-order valence-electron chi connectivity index (χ3n) is 4.20. The third-order valence-corrected chi connectivity index (χ3v) is 5.42. The Labute approximate surface area is 172 Å². The Morgan fingerprint density at radius 2 is 1.55 bits per heavy atom. The van der Waals surface area contributed by atoms with Gasteiger partial charge in [0.05, 0.1) is 10.5 Å². The van der Waals surface area contributed by atoms with Gasteiger partial charge in [-0.2, -0.15) is 0 Å². The molecule has 0 saturated heterocycles. The summed E-state index contributed by atoms with van der Waals surface area (Å²) < 4.78 is 35.7. The van der Waals surface area contributed by atoms with Crippen molar-refractivity contribution >= 4 is 21.6 Å². The number of aromatic nitrogens is 1. The zero-order valence-corrected chi connectivity index (χ0v) is 16.5. The van der Waals surface area contributed by atoms with Gasteiger partial charge in [0.1, 0.15) is 11.4 Å². The second kappa shape index (κ2) is 7.71. The van der Waals surface area contributed by atoms with E-state index in [1.165, 1.54) is 6.07 Å². The lowest BCUT2D eigenvalue weighted by Gasteiger charge is -2.10. The largest absolute Gasteiger partial charge is 0.424 e. The summed E-state index contributed by atoms with van der Waals surface area (Å²) in [6.45, 7) is 0. The first-order valence-corrected chi connectivity index (χ1v) is 10.5. The molecule has 4 rings (SSSR count). The molecule has 146 valence electrons. The molecule has 4 aromatic rings. The number of nitrogens with two attached hydrogens (primary N) is 1. The van der Waals surface area contributed by atoms with Crippen LogP contribution in [-0.2, 0) is 10.0 Å². The van der Waals surface area contributed by atoms with Crippen molar-refractivity contribution in [1.29, 1.82) is 0 Å². The standard InChI is InChI=1S/C21H15ClN2O4S/c22-15-10-12-16(13-11-15)27-21-19(17-8-4-5-9-18(17)29(23,25)26)20(24-28-21)14-6-2-1-3-7-14/h1-13H,(H2,23,25,26). The summed E-state index contributed by atoms with van der Waals surface area (Å²) >= 11 is 5.93. The molecule has 0 unspecified atom stereocenters. The van der Waals surface area contributed by atoms with Gasteiger partial charge in [-0.1, -0.05) is 65.3 Å². The van der Waals surface area contributed by atoms with Gasteiger partial charge >= 0.3 is 5.95 Å². The van der Waals surface area contributed by atoms with Crippen LogP contribution in [0.2, 0.25) is 5.02 Å². The lowest BCUT2D eigenvalue weighted by atomic mass is 10.0. The van der Waals surface area contributed by atoms with E-state index < -0.39 is 10.0 Å². The third kappa shape index (κ3) is 4.02. The molecule has 0 radical (unpaired) electrons. The zero-order chi connectivity index (χ0) is 20.4. The van der Waals surface area contributed by atoms with E-state index in [4.69, 9.17) is 26.0 Å². The van der Waals surface area contributed by atoms with Crippen LogP contribution >= 0.6 is 11.6 Å². The highest BCUT2D eigenvalue weighted by molar-refractivity contribution is 7.89. The molecule has 0 aliphatic carbocycles. The van der Waals surface area contributed by atoms with E-state index in [0.29, 0.717) is 27.6 Å². The number of hydrogen-bond donors (Lipinski definition) is 1. The Morgan fingerprint density at radius 1 is 0.897 bits per heavy atom. The van der Waals surface area contributed by atoms with Crippen molar-refractivity contribution in [3.8, 4) is 34.1 Å². The molecule has 0 bridgehead atoms. The summed E-state index contributed by atoms with van der Waals surface area (Å²) in [5.74, 6) is 0.502. The summed E-state index contributed by atoms with van der Waals surface area (Å²) in [5.41, 5.74) is 1.89. The van der Waals surface area contributed by atoms with E-state index in [0.717, 1.165) is 5.56 Å². The van der Waals surface area contributed by atoms with Crippen LogP contribution in [0.15, 0.2) is 88.3 Å². The van der Waals surface area contributed by atoms with Crippen LogP contribution in [0.5, 0.6) is 11.7 Å². The Bertz CT molecular complexity index is 1250. The van der Waals surface area contributed by atoms with Crippen molar-refractivity contribution in [3.05, 3.63) is 83.9 Å². The molecule has 6 nitrogen and oxygen atoms in total. The van der Waals surface area contributed by atoms with Gasteiger partial charge < -0.3 is 9.26 Å². The zero-order valence-electron chi connectivity index (χ0n) is 14.9. The summed E-state index contributed by atoms with van der Waals surface area (Å²) in [5, 5.41) is 10.1. The fraction of sp³-hybridized carbons (Fsp3) is 0.